The number of nitrogens with one attached hydrogen (secondary N) is 2. The third kappa shape index (κ3) is 9.87. The molecule has 0 saturated heterocycles. The largest absolute Gasteiger partial charge is 0.367 e. The van der Waals surface area contributed by atoms with Crippen molar-refractivity contribution >= 4 is 56.6 Å². The normalized spacial score (nSPS) is 10.9. The average molecular weight is 401 g/mol. The molecular weight excluding hydrogens is 372 g/mol. The van der Waals surface area contributed by atoms with Gasteiger partial charge in [0.2, 0.25) is 0 Å². The van der Waals surface area contributed by atoms with Gasteiger partial charge in [0.1, 0.15) is 8.64 Å². The lowest BCUT2D eigenvalue weighted by Crippen LogP contribution is -2.22. The summed E-state index contributed by atoms with van der Waals surface area (Å²) in [5, 5.41) is 6.70. The number of hydrogen-bond donors (Lipinski definition) is 2. The highest BCUT2D eigenvalue weighted by Gasteiger charge is 2.06. The Morgan fingerprint density at radius 2 is 1.21 bits per heavy atom. The second-order valence-corrected chi connectivity index (χ2v) is 9.85. The van der Waals surface area contributed by atoms with Gasteiger partial charge in [-0.3, -0.25) is 0 Å². The van der Waals surface area contributed by atoms with Gasteiger partial charge in [0, 0.05) is 24.6 Å². The van der Waals surface area contributed by atoms with Crippen LogP contribution < -0.4 is 10.6 Å². The highest BCUT2D eigenvalue weighted by Crippen LogP contribution is 2.13. The Bertz CT molecular complexity index is 483. The maximum Gasteiger partial charge on any atom is 0.134 e. The summed E-state index contributed by atoms with van der Waals surface area (Å²) in [5.41, 5.74) is 2.52. The first kappa shape index (κ1) is 21.7. The van der Waals surface area contributed by atoms with Crippen LogP contribution in [0.4, 0.5) is 0 Å². The number of rotatable bonds is 8. The molecule has 0 spiro atoms. The fourth-order valence-electron chi connectivity index (χ4n) is 1.82. The molecule has 0 aromatic heterocycles. The predicted molar refractivity (Wildman–Crippen MR) is 120 cm³/mol. The molecule has 2 nitrogen and oxygen atoms in total. The minimum Gasteiger partial charge on any atom is -0.367 e. The number of thiocarbonyl (C=S) groups is 2. The van der Waals surface area contributed by atoms with E-state index in [-0.39, 0.29) is 0 Å². The van der Waals surface area contributed by atoms with Gasteiger partial charge in [-0.2, -0.15) is 0 Å². The molecule has 24 heavy (non-hydrogen) atoms. The van der Waals surface area contributed by atoms with Crippen LogP contribution in [0, 0.1) is 11.8 Å². The Morgan fingerprint density at radius 3 is 1.54 bits per heavy atom. The zero-order chi connectivity index (χ0) is 17.9. The van der Waals surface area contributed by atoms with Crippen LogP contribution in [0.2, 0.25) is 0 Å². The third-order valence-corrected chi connectivity index (χ3v) is 6.54. The number of benzene rings is 1. The van der Waals surface area contributed by atoms with Gasteiger partial charge in [0.15, 0.2) is 0 Å². The highest BCUT2D eigenvalue weighted by molar-refractivity contribution is 8.23. The van der Waals surface area contributed by atoms with Crippen LogP contribution in [0.3, 0.4) is 0 Å². The summed E-state index contributed by atoms with van der Waals surface area (Å²) in [6.45, 7) is 10.3. The zero-order valence-corrected chi connectivity index (χ0v) is 18.2. The van der Waals surface area contributed by atoms with E-state index in [9.17, 15) is 0 Å². The van der Waals surface area contributed by atoms with Crippen molar-refractivity contribution in [2.75, 3.05) is 11.5 Å². The van der Waals surface area contributed by atoms with E-state index in [4.69, 9.17) is 24.4 Å². The van der Waals surface area contributed by atoms with Crippen molar-refractivity contribution in [3.8, 4) is 0 Å². The second-order valence-electron chi connectivity index (χ2n) is 6.46. The molecule has 0 fully saturated rings. The van der Waals surface area contributed by atoms with E-state index in [0.717, 1.165) is 33.2 Å². The minimum absolute atomic E-state index is 0.649. The van der Waals surface area contributed by atoms with Gasteiger partial charge in [-0.25, -0.2) is 0 Å². The molecule has 1 aromatic carbocycles. The Hall–Kier alpha value is -0.300. The lowest BCUT2D eigenvalue weighted by Gasteiger charge is -2.14. The summed E-state index contributed by atoms with van der Waals surface area (Å²) in [6.07, 6.45) is 0. The molecule has 2 N–H and O–H groups in total. The van der Waals surface area contributed by atoms with Gasteiger partial charge in [-0.1, -0.05) is 99.9 Å². The van der Waals surface area contributed by atoms with Crippen molar-refractivity contribution in [3.05, 3.63) is 35.4 Å². The summed E-state index contributed by atoms with van der Waals surface area (Å²) in [6, 6.07) is 8.42. The maximum absolute atomic E-state index is 5.39. The molecule has 0 bridgehead atoms. The average Bonchev–Trinajstić information content (AvgIpc) is 2.55. The van der Waals surface area contributed by atoms with Crippen LogP contribution >= 0.6 is 48.0 Å². The van der Waals surface area contributed by atoms with E-state index in [1.165, 1.54) is 11.1 Å². The van der Waals surface area contributed by atoms with Crippen molar-refractivity contribution in [1.82, 2.24) is 10.6 Å². The second kappa shape index (κ2) is 12.1. The molecule has 0 unspecified atom stereocenters. The van der Waals surface area contributed by atoms with Crippen molar-refractivity contribution in [2.45, 2.75) is 40.8 Å². The highest BCUT2D eigenvalue weighted by atomic mass is 32.2. The van der Waals surface area contributed by atoms with Crippen molar-refractivity contribution < 1.29 is 0 Å². The van der Waals surface area contributed by atoms with Crippen LogP contribution in [0.1, 0.15) is 38.8 Å². The van der Waals surface area contributed by atoms with Crippen LogP contribution in [0.15, 0.2) is 24.3 Å². The van der Waals surface area contributed by atoms with Crippen molar-refractivity contribution in [2.24, 2.45) is 11.8 Å². The summed E-state index contributed by atoms with van der Waals surface area (Å²) in [7, 11) is 0. The van der Waals surface area contributed by atoms with E-state index < -0.39 is 0 Å². The summed E-state index contributed by atoms with van der Waals surface area (Å²) in [4.78, 5) is 0. The first-order valence-electron chi connectivity index (χ1n) is 8.26. The Morgan fingerprint density at radius 1 is 0.833 bits per heavy atom. The standard InChI is InChI=1S/C18H28N2S4/c1-13(2)11-23-17(21)19-9-15-7-5-6-8-16(15)10-20-18(22)24-12-14(3)4/h5-8,13-14H,9-12H2,1-4H3,(H,19,21)(H,20,22). The van der Waals surface area contributed by atoms with Crippen molar-refractivity contribution in [1.29, 1.82) is 0 Å². The molecule has 1 aromatic rings. The zero-order valence-electron chi connectivity index (χ0n) is 14.9. The van der Waals surface area contributed by atoms with E-state index in [2.05, 4.69) is 62.6 Å². The lowest BCUT2D eigenvalue weighted by atomic mass is 10.1. The van der Waals surface area contributed by atoms with Crippen LogP contribution in [-0.2, 0) is 13.1 Å². The number of hydrogen-bond acceptors (Lipinski definition) is 4. The van der Waals surface area contributed by atoms with Crippen LogP contribution in [0.5, 0.6) is 0 Å². The molecule has 0 saturated carbocycles. The molecule has 0 radical (unpaired) electrons. The van der Waals surface area contributed by atoms with Gasteiger partial charge < -0.3 is 10.6 Å². The SMILES string of the molecule is CC(C)CSC(=S)NCc1ccccc1CNC(=S)SCC(C)C. The fourth-order valence-corrected chi connectivity index (χ4v) is 3.69. The molecule has 0 heterocycles. The van der Waals surface area contributed by atoms with Crippen molar-refractivity contribution in [3.63, 3.8) is 0 Å². The van der Waals surface area contributed by atoms with E-state index in [1.54, 1.807) is 23.5 Å². The summed E-state index contributed by atoms with van der Waals surface area (Å²) >= 11 is 14.2. The van der Waals surface area contributed by atoms with E-state index >= 15 is 0 Å². The fraction of sp³-hybridized carbons (Fsp3) is 0.556. The monoisotopic (exact) mass is 400 g/mol. The Kier molecular flexibility index (Phi) is 11.0. The molecule has 0 aliphatic rings. The first-order chi connectivity index (χ1) is 11.4. The maximum atomic E-state index is 5.39. The van der Waals surface area contributed by atoms with Gasteiger partial charge in [-0.15, -0.1) is 0 Å². The molecule has 0 aliphatic carbocycles. The Labute approximate surface area is 166 Å². The lowest BCUT2D eigenvalue weighted by molar-refractivity contribution is 0.751. The molecule has 0 atom stereocenters. The number of thioether (sulfide) groups is 2. The summed E-state index contributed by atoms with van der Waals surface area (Å²) in [5.74, 6) is 3.40. The topological polar surface area (TPSA) is 24.1 Å². The van der Waals surface area contributed by atoms with E-state index in [1.807, 2.05) is 0 Å². The third-order valence-electron chi connectivity index (χ3n) is 3.06. The molecule has 1 rings (SSSR count). The van der Waals surface area contributed by atoms with E-state index in [0.29, 0.717) is 11.8 Å². The molecule has 0 amide bonds. The Balaban J connectivity index is 2.46. The minimum atomic E-state index is 0.649. The molecule has 134 valence electrons. The van der Waals surface area contributed by atoms with Crippen LogP contribution in [0.25, 0.3) is 0 Å². The first-order valence-corrected chi connectivity index (χ1v) is 11.0. The van der Waals surface area contributed by atoms with Gasteiger partial charge in [0.05, 0.1) is 0 Å². The van der Waals surface area contributed by atoms with Gasteiger partial charge in [0.25, 0.3) is 0 Å². The van der Waals surface area contributed by atoms with Gasteiger partial charge >= 0.3 is 0 Å². The van der Waals surface area contributed by atoms with Crippen LogP contribution in [-0.4, -0.2) is 20.1 Å². The molecule has 0 aliphatic heterocycles. The smallest absolute Gasteiger partial charge is 0.134 e. The predicted octanol–water partition coefficient (Wildman–Crippen LogP) is 5.21. The quantitative estimate of drug-likeness (QED) is 0.581. The molecular formula is C18H28N2S4. The summed E-state index contributed by atoms with van der Waals surface area (Å²) < 4.78 is 1.74. The molecule has 6 heteroatoms. The van der Waals surface area contributed by atoms with Gasteiger partial charge in [-0.05, 0) is 23.0 Å².